The third-order valence-electron chi connectivity index (χ3n) is 3.30. The maximum absolute atomic E-state index is 11.8. The van der Waals surface area contributed by atoms with Crippen LogP contribution in [0.1, 0.15) is 35.7 Å². The van der Waals surface area contributed by atoms with Gasteiger partial charge in [-0.2, -0.15) is 0 Å². The van der Waals surface area contributed by atoms with Crippen LogP contribution >= 0.6 is 11.6 Å². The van der Waals surface area contributed by atoms with E-state index in [4.69, 9.17) is 26.2 Å². The molecule has 0 bridgehead atoms. The molecular formula is C18H17ClO5. The zero-order valence-electron chi connectivity index (χ0n) is 13.3. The number of rotatable bonds is 6. The Hall–Kier alpha value is -2.53. The number of benzene rings is 2. The summed E-state index contributed by atoms with van der Waals surface area (Å²) < 4.78 is 10.4. The summed E-state index contributed by atoms with van der Waals surface area (Å²) in [6, 6.07) is 11.4. The number of ether oxygens (including phenoxy) is 2. The fourth-order valence-electron chi connectivity index (χ4n) is 2.00. The topological polar surface area (TPSA) is 72.8 Å². The molecule has 0 unspecified atom stereocenters. The Morgan fingerprint density at radius 3 is 2.38 bits per heavy atom. The predicted octanol–water partition coefficient (Wildman–Crippen LogP) is 4.15. The Bertz CT molecular complexity index is 738. The van der Waals surface area contributed by atoms with Gasteiger partial charge in [0.05, 0.1) is 0 Å². The van der Waals surface area contributed by atoms with Crippen molar-refractivity contribution in [2.24, 2.45) is 0 Å². The number of carboxylic acids is 1. The van der Waals surface area contributed by atoms with Gasteiger partial charge in [0.15, 0.2) is 6.61 Å². The van der Waals surface area contributed by atoms with Crippen LogP contribution in [0, 0.1) is 0 Å². The molecule has 0 saturated heterocycles. The van der Waals surface area contributed by atoms with Gasteiger partial charge in [0.25, 0.3) is 0 Å². The lowest BCUT2D eigenvalue weighted by Gasteiger charge is -2.10. The first-order chi connectivity index (χ1) is 11.4. The molecule has 2 aromatic rings. The van der Waals surface area contributed by atoms with Crippen molar-refractivity contribution in [2.75, 3.05) is 6.61 Å². The second kappa shape index (κ2) is 7.84. The fraction of sp³-hybridized carbons (Fsp3) is 0.222. The molecular weight excluding hydrogens is 332 g/mol. The molecule has 0 radical (unpaired) electrons. The summed E-state index contributed by atoms with van der Waals surface area (Å²) in [5.74, 6) is -1.07. The first-order valence-electron chi connectivity index (χ1n) is 7.33. The Kier molecular flexibility index (Phi) is 5.82. The minimum Gasteiger partial charge on any atom is -0.482 e. The maximum Gasteiger partial charge on any atom is 0.349 e. The lowest BCUT2D eigenvalue weighted by molar-refractivity contribution is -0.136. The lowest BCUT2D eigenvalue weighted by atomic mass is 10.0. The average molecular weight is 349 g/mol. The molecule has 0 aromatic heterocycles. The van der Waals surface area contributed by atoms with E-state index in [9.17, 15) is 9.59 Å². The minimum absolute atomic E-state index is 0.0735. The van der Waals surface area contributed by atoms with Crippen LogP contribution in [0.5, 0.6) is 11.5 Å². The molecule has 0 heterocycles. The van der Waals surface area contributed by atoms with Crippen molar-refractivity contribution >= 4 is 23.5 Å². The van der Waals surface area contributed by atoms with E-state index >= 15 is 0 Å². The van der Waals surface area contributed by atoms with Crippen molar-refractivity contribution in [1.29, 1.82) is 0 Å². The van der Waals surface area contributed by atoms with E-state index < -0.39 is 11.9 Å². The van der Waals surface area contributed by atoms with Crippen molar-refractivity contribution in [1.82, 2.24) is 0 Å². The molecule has 0 aliphatic rings. The molecule has 24 heavy (non-hydrogen) atoms. The molecule has 0 atom stereocenters. The molecule has 0 fully saturated rings. The molecule has 6 heteroatoms. The highest BCUT2D eigenvalue weighted by Crippen LogP contribution is 2.23. The molecule has 2 aromatic carbocycles. The van der Waals surface area contributed by atoms with Gasteiger partial charge >= 0.3 is 11.9 Å². The summed E-state index contributed by atoms with van der Waals surface area (Å²) in [6.45, 7) is 3.83. The number of halogens is 1. The average Bonchev–Trinajstić information content (AvgIpc) is 2.54. The molecule has 0 saturated carbocycles. The van der Waals surface area contributed by atoms with Crippen molar-refractivity contribution in [3.8, 4) is 11.5 Å². The van der Waals surface area contributed by atoms with Gasteiger partial charge in [-0.05, 0) is 41.8 Å². The Morgan fingerprint density at radius 2 is 1.79 bits per heavy atom. The summed E-state index contributed by atoms with van der Waals surface area (Å²) in [7, 11) is 0. The van der Waals surface area contributed by atoms with Crippen LogP contribution in [0.25, 0.3) is 0 Å². The van der Waals surface area contributed by atoms with Crippen LogP contribution in [0.4, 0.5) is 0 Å². The fourth-order valence-corrected chi connectivity index (χ4v) is 2.17. The standard InChI is InChI=1S/C18H17ClO5/c1-11(2)12-3-6-14(7-4-12)23-10-17(20)24-16-8-5-13(19)9-15(16)18(21)22/h3-9,11H,10H2,1-2H3,(H,21,22). The largest absolute Gasteiger partial charge is 0.482 e. The molecule has 0 spiro atoms. The van der Waals surface area contributed by atoms with Crippen LogP contribution in [-0.4, -0.2) is 23.7 Å². The van der Waals surface area contributed by atoms with E-state index in [1.807, 2.05) is 12.1 Å². The summed E-state index contributed by atoms with van der Waals surface area (Å²) in [6.07, 6.45) is 0. The summed E-state index contributed by atoms with van der Waals surface area (Å²) in [5, 5.41) is 9.34. The normalized spacial score (nSPS) is 10.5. The Balaban J connectivity index is 1.97. The highest BCUT2D eigenvalue weighted by molar-refractivity contribution is 6.31. The van der Waals surface area contributed by atoms with E-state index in [2.05, 4.69) is 13.8 Å². The SMILES string of the molecule is CC(C)c1ccc(OCC(=O)Oc2ccc(Cl)cc2C(=O)O)cc1. The maximum atomic E-state index is 11.8. The summed E-state index contributed by atoms with van der Waals surface area (Å²) in [4.78, 5) is 23.0. The summed E-state index contributed by atoms with van der Waals surface area (Å²) in [5.41, 5.74) is 0.981. The Morgan fingerprint density at radius 1 is 1.12 bits per heavy atom. The van der Waals surface area contributed by atoms with Gasteiger partial charge in [-0.1, -0.05) is 37.6 Å². The summed E-state index contributed by atoms with van der Waals surface area (Å²) >= 11 is 5.75. The van der Waals surface area contributed by atoms with Gasteiger partial charge in [-0.3, -0.25) is 0 Å². The van der Waals surface area contributed by atoms with E-state index in [0.29, 0.717) is 11.7 Å². The zero-order valence-corrected chi connectivity index (χ0v) is 14.0. The minimum atomic E-state index is -1.23. The molecule has 0 aliphatic heterocycles. The van der Waals surface area contributed by atoms with E-state index in [1.54, 1.807) is 12.1 Å². The van der Waals surface area contributed by atoms with Crippen molar-refractivity contribution in [3.05, 3.63) is 58.6 Å². The number of hydrogen-bond donors (Lipinski definition) is 1. The molecule has 1 N–H and O–H groups in total. The monoisotopic (exact) mass is 348 g/mol. The highest BCUT2D eigenvalue weighted by Gasteiger charge is 2.15. The highest BCUT2D eigenvalue weighted by atomic mass is 35.5. The van der Waals surface area contributed by atoms with E-state index in [-0.39, 0.29) is 22.9 Å². The number of carbonyl (C=O) groups excluding carboxylic acids is 1. The van der Waals surface area contributed by atoms with Gasteiger partial charge < -0.3 is 14.6 Å². The van der Waals surface area contributed by atoms with Crippen LogP contribution in [0.3, 0.4) is 0 Å². The lowest BCUT2D eigenvalue weighted by Crippen LogP contribution is -2.19. The molecule has 126 valence electrons. The van der Waals surface area contributed by atoms with E-state index in [0.717, 1.165) is 5.56 Å². The van der Waals surface area contributed by atoms with Crippen LogP contribution in [0.2, 0.25) is 5.02 Å². The number of hydrogen-bond acceptors (Lipinski definition) is 4. The first-order valence-corrected chi connectivity index (χ1v) is 7.71. The predicted molar refractivity (Wildman–Crippen MR) is 90.1 cm³/mol. The molecule has 5 nitrogen and oxygen atoms in total. The third kappa shape index (κ3) is 4.73. The van der Waals surface area contributed by atoms with Crippen LogP contribution in [-0.2, 0) is 4.79 Å². The van der Waals surface area contributed by atoms with Crippen molar-refractivity contribution in [2.45, 2.75) is 19.8 Å². The van der Waals surface area contributed by atoms with Crippen molar-refractivity contribution in [3.63, 3.8) is 0 Å². The van der Waals surface area contributed by atoms with Crippen LogP contribution in [0.15, 0.2) is 42.5 Å². The van der Waals surface area contributed by atoms with Gasteiger partial charge in [0, 0.05) is 5.02 Å². The van der Waals surface area contributed by atoms with Gasteiger partial charge in [0.1, 0.15) is 17.1 Å². The zero-order chi connectivity index (χ0) is 17.7. The van der Waals surface area contributed by atoms with Crippen LogP contribution < -0.4 is 9.47 Å². The smallest absolute Gasteiger partial charge is 0.349 e. The molecule has 2 rings (SSSR count). The molecule has 0 aliphatic carbocycles. The van der Waals surface area contributed by atoms with Gasteiger partial charge in [-0.15, -0.1) is 0 Å². The van der Waals surface area contributed by atoms with E-state index in [1.165, 1.54) is 18.2 Å². The number of carboxylic acid groups (broad SMARTS) is 1. The third-order valence-corrected chi connectivity index (χ3v) is 3.53. The van der Waals surface area contributed by atoms with Gasteiger partial charge in [0.2, 0.25) is 0 Å². The quantitative estimate of drug-likeness (QED) is 0.627. The second-order valence-electron chi connectivity index (χ2n) is 5.43. The second-order valence-corrected chi connectivity index (χ2v) is 5.87. The van der Waals surface area contributed by atoms with Crippen molar-refractivity contribution < 1.29 is 24.2 Å². The number of carbonyl (C=O) groups is 2. The Labute approximate surface area is 144 Å². The first kappa shape index (κ1) is 17.8. The number of esters is 1. The number of aromatic carboxylic acids is 1. The van der Waals surface area contributed by atoms with Gasteiger partial charge in [-0.25, -0.2) is 9.59 Å². The molecule has 0 amide bonds.